The molecule has 0 aliphatic heterocycles. The van der Waals surface area contributed by atoms with Crippen molar-refractivity contribution in [1.29, 1.82) is 5.26 Å². The highest BCUT2D eigenvalue weighted by Gasteiger charge is 2.17. The fourth-order valence-corrected chi connectivity index (χ4v) is 3.39. The monoisotopic (exact) mass is 310 g/mol. The third kappa shape index (κ3) is 2.74. The normalized spacial score (nSPS) is 11.8. The van der Waals surface area contributed by atoms with Crippen LogP contribution in [-0.4, -0.2) is 4.21 Å². The fourth-order valence-electron chi connectivity index (χ4n) is 1.56. The van der Waals surface area contributed by atoms with Crippen molar-refractivity contribution in [3.63, 3.8) is 0 Å². The Morgan fingerprint density at radius 3 is 2.58 bits per heavy atom. The van der Waals surface area contributed by atoms with Gasteiger partial charge in [0, 0.05) is 5.02 Å². The van der Waals surface area contributed by atoms with Crippen molar-refractivity contribution in [2.24, 2.45) is 0 Å². The van der Waals surface area contributed by atoms with E-state index in [1.54, 1.807) is 30.3 Å². The van der Waals surface area contributed by atoms with E-state index < -0.39 is 10.8 Å². The Morgan fingerprint density at radius 2 is 1.89 bits per heavy atom. The van der Waals surface area contributed by atoms with Gasteiger partial charge >= 0.3 is 0 Å². The maximum absolute atomic E-state index is 12.5. The number of nitrogens with two attached hydrogens (primary N) is 1. The summed E-state index contributed by atoms with van der Waals surface area (Å²) in [5.74, 6) is 0. The van der Waals surface area contributed by atoms with Crippen LogP contribution >= 0.6 is 23.2 Å². The maximum atomic E-state index is 12.5. The molecule has 0 heterocycles. The second kappa shape index (κ2) is 5.62. The number of nitrogen functional groups attached to an aromatic ring is 1. The molecular weight excluding hydrogens is 303 g/mol. The van der Waals surface area contributed by atoms with Crippen LogP contribution in [0.25, 0.3) is 0 Å². The lowest BCUT2D eigenvalue weighted by Gasteiger charge is -2.08. The number of rotatable bonds is 2. The first-order valence-corrected chi connectivity index (χ1v) is 7.10. The number of nitriles is 1. The molecule has 0 saturated heterocycles. The van der Waals surface area contributed by atoms with Gasteiger partial charge in [-0.3, -0.25) is 0 Å². The van der Waals surface area contributed by atoms with Gasteiger partial charge in [-0.2, -0.15) is 5.26 Å². The standard InChI is InChI=1S/C13H8Cl2N2OS/c14-8-4-5-10(15)13(6-8)19(18)12-3-1-2-11(17)9(12)7-16/h1-6H,17H2/t19-/m0/s1. The number of anilines is 1. The minimum atomic E-state index is -1.61. The molecule has 2 N–H and O–H groups in total. The van der Waals surface area contributed by atoms with Gasteiger partial charge in [0.25, 0.3) is 0 Å². The molecule has 19 heavy (non-hydrogen) atoms. The SMILES string of the molecule is N#Cc1c(N)cccc1[S@](=O)c1cc(Cl)ccc1Cl. The zero-order valence-corrected chi connectivity index (χ0v) is 11.9. The highest BCUT2D eigenvalue weighted by Crippen LogP contribution is 2.30. The van der Waals surface area contributed by atoms with Gasteiger partial charge in [0.2, 0.25) is 0 Å². The van der Waals surface area contributed by atoms with Gasteiger partial charge in [0.05, 0.1) is 36.9 Å². The van der Waals surface area contributed by atoms with E-state index in [2.05, 4.69) is 0 Å². The van der Waals surface area contributed by atoms with Crippen LogP contribution in [-0.2, 0) is 10.8 Å². The van der Waals surface area contributed by atoms with Gasteiger partial charge in [-0.1, -0.05) is 29.3 Å². The first kappa shape index (κ1) is 13.9. The van der Waals surface area contributed by atoms with E-state index in [1.807, 2.05) is 6.07 Å². The minimum Gasteiger partial charge on any atom is -0.398 e. The molecule has 0 amide bonds. The summed E-state index contributed by atoms with van der Waals surface area (Å²) < 4.78 is 12.5. The maximum Gasteiger partial charge on any atom is 0.103 e. The van der Waals surface area contributed by atoms with E-state index in [1.165, 1.54) is 6.07 Å². The quantitative estimate of drug-likeness (QED) is 0.861. The van der Waals surface area contributed by atoms with E-state index in [9.17, 15) is 4.21 Å². The van der Waals surface area contributed by atoms with Crippen molar-refractivity contribution in [3.8, 4) is 6.07 Å². The van der Waals surface area contributed by atoms with Crippen LogP contribution in [0.2, 0.25) is 10.0 Å². The molecule has 0 unspecified atom stereocenters. The molecule has 0 aliphatic rings. The minimum absolute atomic E-state index is 0.192. The van der Waals surface area contributed by atoms with Gasteiger partial charge in [-0.05, 0) is 30.3 Å². The van der Waals surface area contributed by atoms with Crippen molar-refractivity contribution in [3.05, 3.63) is 52.0 Å². The molecule has 0 saturated carbocycles. The Bertz CT molecular complexity index is 710. The summed E-state index contributed by atoms with van der Waals surface area (Å²) in [6.45, 7) is 0. The van der Waals surface area contributed by atoms with Gasteiger partial charge in [-0.15, -0.1) is 0 Å². The molecule has 2 aromatic carbocycles. The summed E-state index contributed by atoms with van der Waals surface area (Å²) in [5, 5.41) is 9.85. The topological polar surface area (TPSA) is 66.9 Å². The van der Waals surface area contributed by atoms with Crippen molar-refractivity contribution >= 4 is 39.7 Å². The third-order valence-electron chi connectivity index (χ3n) is 2.46. The Morgan fingerprint density at radius 1 is 1.16 bits per heavy atom. The molecule has 0 aromatic heterocycles. The van der Waals surface area contributed by atoms with Gasteiger partial charge in [-0.25, -0.2) is 4.21 Å². The number of hydrogen-bond donors (Lipinski definition) is 1. The van der Waals surface area contributed by atoms with Crippen LogP contribution in [0, 0.1) is 11.3 Å². The lowest BCUT2D eigenvalue weighted by atomic mass is 10.2. The van der Waals surface area contributed by atoms with E-state index in [0.717, 1.165) is 0 Å². The summed E-state index contributed by atoms with van der Waals surface area (Å²) >= 11 is 11.9. The smallest absolute Gasteiger partial charge is 0.103 e. The van der Waals surface area contributed by atoms with E-state index in [4.69, 9.17) is 34.2 Å². The number of hydrogen-bond acceptors (Lipinski definition) is 3. The Labute approximate surface area is 123 Å². The first-order valence-electron chi connectivity index (χ1n) is 5.20. The van der Waals surface area contributed by atoms with Crippen LogP contribution in [0.3, 0.4) is 0 Å². The van der Waals surface area contributed by atoms with Crippen LogP contribution in [0.1, 0.15) is 5.56 Å². The molecule has 96 valence electrons. The number of halogens is 2. The molecule has 3 nitrogen and oxygen atoms in total. The molecule has 1 atom stereocenters. The molecule has 2 rings (SSSR count). The van der Waals surface area contributed by atoms with Gasteiger partial charge < -0.3 is 5.73 Å². The van der Waals surface area contributed by atoms with Crippen LogP contribution in [0.5, 0.6) is 0 Å². The zero-order chi connectivity index (χ0) is 14.0. The molecule has 0 aliphatic carbocycles. The van der Waals surface area contributed by atoms with Crippen molar-refractivity contribution in [2.75, 3.05) is 5.73 Å². The molecule has 0 fully saturated rings. The summed E-state index contributed by atoms with van der Waals surface area (Å²) in [4.78, 5) is 0.683. The predicted octanol–water partition coefficient (Wildman–Crippen LogP) is 3.61. The van der Waals surface area contributed by atoms with Crippen molar-refractivity contribution < 1.29 is 4.21 Å². The second-order valence-electron chi connectivity index (χ2n) is 3.68. The Kier molecular flexibility index (Phi) is 4.11. The summed E-state index contributed by atoms with van der Waals surface area (Å²) in [7, 11) is -1.61. The molecular formula is C13H8Cl2N2OS. The van der Waals surface area contributed by atoms with E-state index in [-0.39, 0.29) is 11.3 Å². The van der Waals surface area contributed by atoms with Crippen LogP contribution in [0.15, 0.2) is 46.2 Å². The summed E-state index contributed by atoms with van der Waals surface area (Å²) in [6, 6.07) is 11.5. The number of nitrogens with zero attached hydrogens (tertiary/aromatic N) is 1. The highest BCUT2D eigenvalue weighted by molar-refractivity contribution is 7.85. The average Bonchev–Trinajstić information content (AvgIpc) is 2.40. The van der Waals surface area contributed by atoms with E-state index in [0.29, 0.717) is 19.8 Å². The van der Waals surface area contributed by atoms with Crippen molar-refractivity contribution in [1.82, 2.24) is 0 Å². The first-order chi connectivity index (χ1) is 9.04. The number of benzene rings is 2. The molecule has 0 bridgehead atoms. The largest absolute Gasteiger partial charge is 0.398 e. The molecule has 6 heteroatoms. The molecule has 0 spiro atoms. The Balaban J connectivity index is 2.60. The Hall–Kier alpha value is -1.54. The van der Waals surface area contributed by atoms with E-state index >= 15 is 0 Å². The molecule has 0 radical (unpaired) electrons. The second-order valence-corrected chi connectivity index (χ2v) is 5.94. The third-order valence-corrected chi connectivity index (χ3v) is 4.62. The van der Waals surface area contributed by atoms with Crippen molar-refractivity contribution in [2.45, 2.75) is 9.79 Å². The van der Waals surface area contributed by atoms with Crippen LogP contribution in [0.4, 0.5) is 5.69 Å². The van der Waals surface area contributed by atoms with Crippen LogP contribution < -0.4 is 5.73 Å². The van der Waals surface area contributed by atoms with Gasteiger partial charge in [0.1, 0.15) is 6.07 Å². The van der Waals surface area contributed by atoms with Gasteiger partial charge in [0.15, 0.2) is 0 Å². The molecule has 2 aromatic rings. The zero-order valence-electron chi connectivity index (χ0n) is 9.56. The lowest BCUT2D eigenvalue weighted by molar-refractivity contribution is 0.683. The highest BCUT2D eigenvalue weighted by atomic mass is 35.5. The average molecular weight is 311 g/mol. The summed E-state index contributed by atoms with van der Waals surface area (Å²) in [5.41, 5.74) is 6.18. The fraction of sp³-hybridized carbons (Fsp3) is 0. The lowest BCUT2D eigenvalue weighted by Crippen LogP contribution is -2.00. The predicted molar refractivity (Wildman–Crippen MR) is 76.7 cm³/mol. The summed E-state index contributed by atoms with van der Waals surface area (Å²) in [6.07, 6.45) is 0.